The summed E-state index contributed by atoms with van der Waals surface area (Å²) in [6, 6.07) is 8.54. The summed E-state index contributed by atoms with van der Waals surface area (Å²) in [6.45, 7) is 0. The number of benzene rings is 1. The lowest BCUT2D eigenvalue weighted by atomic mass is 9.63. The van der Waals surface area contributed by atoms with Crippen LogP contribution >= 0.6 is 0 Å². The molecule has 1 unspecified atom stereocenters. The van der Waals surface area contributed by atoms with Gasteiger partial charge in [0.1, 0.15) is 5.75 Å². The van der Waals surface area contributed by atoms with Gasteiger partial charge >= 0.3 is 0 Å². The number of aryl methyl sites for hydroxylation is 1. The van der Waals surface area contributed by atoms with Gasteiger partial charge in [-0.3, -0.25) is 0 Å². The molecule has 1 fully saturated rings. The summed E-state index contributed by atoms with van der Waals surface area (Å²) in [4.78, 5) is 0. The molecule has 0 aromatic heterocycles. The van der Waals surface area contributed by atoms with Gasteiger partial charge in [0.25, 0.3) is 0 Å². The molecule has 1 atom stereocenters. The smallest absolute Gasteiger partial charge is 0.119 e. The average molecular weight is 271 g/mol. The zero-order valence-electron chi connectivity index (χ0n) is 12.0. The van der Waals surface area contributed by atoms with Crippen molar-refractivity contribution in [3.05, 3.63) is 29.3 Å². The average Bonchev–Trinajstić information content (AvgIpc) is 2.97. The fourth-order valence-corrected chi connectivity index (χ4v) is 3.95. The van der Waals surface area contributed by atoms with Crippen LogP contribution in [-0.2, 0) is 12.8 Å². The van der Waals surface area contributed by atoms with Crippen molar-refractivity contribution in [2.24, 2.45) is 5.41 Å². The summed E-state index contributed by atoms with van der Waals surface area (Å²) < 4.78 is 5.28. The molecule has 3 nitrogen and oxygen atoms in total. The van der Waals surface area contributed by atoms with E-state index in [2.05, 4.69) is 12.1 Å². The second-order valence-corrected chi connectivity index (χ2v) is 6.24. The van der Waals surface area contributed by atoms with Gasteiger partial charge < -0.3 is 9.84 Å². The van der Waals surface area contributed by atoms with Gasteiger partial charge in [0.05, 0.1) is 24.2 Å². The van der Waals surface area contributed by atoms with Crippen molar-refractivity contribution in [2.75, 3.05) is 7.11 Å². The number of hydrogen-bond donors (Lipinski definition) is 1. The SMILES string of the molecule is COc1ccc2c(c1)CC(O)(C1(C#N)CCCC1)CC2. The molecular formula is C17H21NO2. The lowest BCUT2D eigenvalue weighted by Gasteiger charge is -2.43. The number of fused-ring (bicyclic) bond motifs is 1. The number of methoxy groups -OCH3 is 1. The second-order valence-electron chi connectivity index (χ2n) is 6.24. The Morgan fingerprint density at radius 2 is 1.95 bits per heavy atom. The van der Waals surface area contributed by atoms with Crippen molar-refractivity contribution in [1.82, 2.24) is 0 Å². The number of aliphatic hydroxyl groups is 1. The Morgan fingerprint density at radius 3 is 2.60 bits per heavy atom. The van der Waals surface area contributed by atoms with Crippen LogP contribution in [0.2, 0.25) is 0 Å². The van der Waals surface area contributed by atoms with Crippen molar-refractivity contribution < 1.29 is 9.84 Å². The Labute approximate surface area is 120 Å². The number of rotatable bonds is 2. The van der Waals surface area contributed by atoms with Crippen molar-refractivity contribution in [3.8, 4) is 11.8 Å². The van der Waals surface area contributed by atoms with Crippen LogP contribution in [0, 0.1) is 16.7 Å². The maximum absolute atomic E-state index is 11.2. The van der Waals surface area contributed by atoms with E-state index >= 15 is 0 Å². The summed E-state index contributed by atoms with van der Waals surface area (Å²) in [5.74, 6) is 0.824. The van der Waals surface area contributed by atoms with E-state index in [1.54, 1.807) is 7.11 Å². The summed E-state index contributed by atoms with van der Waals surface area (Å²) in [5.41, 5.74) is 0.993. The predicted molar refractivity (Wildman–Crippen MR) is 76.5 cm³/mol. The quantitative estimate of drug-likeness (QED) is 0.899. The van der Waals surface area contributed by atoms with Crippen molar-refractivity contribution in [1.29, 1.82) is 5.26 Å². The molecule has 1 aromatic carbocycles. The van der Waals surface area contributed by atoms with Gasteiger partial charge in [0, 0.05) is 6.42 Å². The van der Waals surface area contributed by atoms with E-state index in [1.165, 1.54) is 5.56 Å². The molecule has 106 valence electrons. The minimum Gasteiger partial charge on any atom is -0.497 e. The lowest BCUT2D eigenvalue weighted by molar-refractivity contribution is -0.0635. The van der Waals surface area contributed by atoms with Crippen LogP contribution < -0.4 is 4.74 Å². The molecule has 1 saturated carbocycles. The molecule has 0 spiro atoms. The molecule has 0 heterocycles. The minimum atomic E-state index is -0.877. The normalized spacial score (nSPS) is 27.6. The largest absolute Gasteiger partial charge is 0.497 e. The van der Waals surface area contributed by atoms with E-state index in [4.69, 9.17) is 4.74 Å². The van der Waals surface area contributed by atoms with E-state index in [0.717, 1.165) is 43.4 Å². The number of ether oxygens (including phenoxy) is 1. The third kappa shape index (κ3) is 1.91. The molecule has 1 N–H and O–H groups in total. The van der Waals surface area contributed by atoms with E-state index in [0.29, 0.717) is 12.8 Å². The Morgan fingerprint density at radius 1 is 1.20 bits per heavy atom. The number of nitriles is 1. The predicted octanol–water partition coefficient (Wildman–Crippen LogP) is 3.00. The lowest BCUT2D eigenvalue weighted by Crippen LogP contribution is -2.50. The Bertz CT molecular complexity index is 555. The highest BCUT2D eigenvalue weighted by Crippen LogP contribution is 2.51. The summed E-state index contributed by atoms with van der Waals surface area (Å²) in [7, 11) is 1.66. The van der Waals surface area contributed by atoms with Crippen LogP contribution in [0.1, 0.15) is 43.2 Å². The van der Waals surface area contributed by atoms with Gasteiger partial charge in [-0.2, -0.15) is 5.26 Å². The van der Waals surface area contributed by atoms with Crippen LogP contribution in [0.3, 0.4) is 0 Å². The Kier molecular flexibility index (Phi) is 3.22. The molecule has 0 aliphatic heterocycles. The fourth-order valence-electron chi connectivity index (χ4n) is 3.95. The van der Waals surface area contributed by atoms with E-state index < -0.39 is 11.0 Å². The van der Waals surface area contributed by atoms with E-state index in [1.807, 2.05) is 12.1 Å². The van der Waals surface area contributed by atoms with Crippen molar-refractivity contribution in [2.45, 2.75) is 50.5 Å². The van der Waals surface area contributed by atoms with E-state index in [-0.39, 0.29) is 0 Å². The van der Waals surface area contributed by atoms with Crippen LogP contribution in [0.15, 0.2) is 18.2 Å². The molecule has 0 saturated heterocycles. The van der Waals surface area contributed by atoms with Gasteiger partial charge in [0.15, 0.2) is 0 Å². The Balaban J connectivity index is 1.96. The topological polar surface area (TPSA) is 53.2 Å². The fraction of sp³-hybridized carbons (Fsp3) is 0.588. The van der Waals surface area contributed by atoms with Crippen LogP contribution in [0.4, 0.5) is 0 Å². The first-order chi connectivity index (χ1) is 9.62. The highest BCUT2D eigenvalue weighted by atomic mass is 16.5. The third-order valence-electron chi connectivity index (χ3n) is 5.27. The molecule has 1 aromatic rings. The molecule has 2 aliphatic rings. The Hall–Kier alpha value is -1.53. The second kappa shape index (κ2) is 4.79. The molecule has 3 rings (SSSR count). The molecule has 3 heteroatoms. The van der Waals surface area contributed by atoms with Crippen LogP contribution in [0.25, 0.3) is 0 Å². The van der Waals surface area contributed by atoms with Gasteiger partial charge in [-0.1, -0.05) is 18.9 Å². The first-order valence-corrected chi connectivity index (χ1v) is 7.42. The van der Waals surface area contributed by atoms with Gasteiger partial charge in [0.2, 0.25) is 0 Å². The first-order valence-electron chi connectivity index (χ1n) is 7.42. The van der Waals surface area contributed by atoms with Gasteiger partial charge in [-0.15, -0.1) is 0 Å². The van der Waals surface area contributed by atoms with Gasteiger partial charge in [-0.25, -0.2) is 0 Å². The molecule has 0 radical (unpaired) electrons. The summed E-state index contributed by atoms with van der Waals surface area (Å²) >= 11 is 0. The third-order valence-corrected chi connectivity index (χ3v) is 5.27. The molecule has 0 amide bonds. The number of hydrogen-bond acceptors (Lipinski definition) is 3. The first kappa shape index (κ1) is 13.5. The minimum absolute atomic E-state index is 0.548. The molecule has 0 bridgehead atoms. The summed E-state index contributed by atoms with van der Waals surface area (Å²) in [5, 5.41) is 20.8. The van der Waals surface area contributed by atoms with Gasteiger partial charge in [-0.05, 0) is 48.9 Å². The molecular weight excluding hydrogens is 250 g/mol. The maximum atomic E-state index is 11.2. The zero-order valence-corrected chi connectivity index (χ0v) is 12.0. The number of nitrogens with zero attached hydrogens (tertiary/aromatic N) is 1. The standard InChI is InChI=1S/C17H21NO2/c1-20-15-5-4-13-6-9-17(19,11-14(13)10-15)16(12-18)7-2-3-8-16/h4-5,10,19H,2-3,6-9,11H2,1H3. The molecule has 2 aliphatic carbocycles. The zero-order chi connectivity index (χ0) is 14.2. The highest BCUT2D eigenvalue weighted by Gasteiger charge is 2.53. The highest BCUT2D eigenvalue weighted by molar-refractivity contribution is 5.40. The summed E-state index contributed by atoms with van der Waals surface area (Å²) in [6.07, 6.45) is 5.90. The van der Waals surface area contributed by atoms with Crippen LogP contribution in [0.5, 0.6) is 5.75 Å². The van der Waals surface area contributed by atoms with E-state index in [9.17, 15) is 10.4 Å². The molecule has 20 heavy (non-hydrogen) atoms. The monoisotopic (exact) mass is 271 g/mol. The maximum Gasteiger partial charge on any atom is 0.119 e. The van der Waals surface area contributed by atoms with Crippen LogP contribution in [-0.4, -0.2) is 17.8 Å². The van der Waals surface area contributed by atoms with Crippen molar-refractivity contribution in [3.63, 3.8) is 0 Å². The van der Waals surface area contributed by atoms with Crippen molar-refractivity contribution >= 4 is 0 Å².